The van der Waals surface area contributed by atoms with Gasteiger partial charge in [0.2, 0.25) is 10.0 Å². The first kappa shape index (κ1) is 16.3. The second-order valence-corrected chi connectivity index (χ2v) is 7.52. The molecule has 118 valence electrons. The summed E-state index contributed by atoms with van der Waals surface area (Å²) in [7, 11) is -3.40. The molecule has 1 aromatic rings. The third kappa shape index (κ3) is 5.65. The van der Waals surface area contributed by atoms with Gasteiger partial charge in [-0.2, -0.15) is 0 Å². The lowest BCUT2D eigenvalue weighted by Gasteiger charge is -2.11. The summed E-state index contributed by atoms with van der Waals surface area (Å²) < 4.78 is 26.5. The first-order valence-corrected chi connectivity index (χ1v) is 9.05. The summed E-state index contributed by atoms with van der Waals surface area (Å²) in [6, 6.07) is 7.53. The summed E-state index contributed by atoms with van der Waals surface area (Å²) in [6.45, 7) is 5.53. The molecule has 1 aliphatic rings. The van der Waals surface area contributed by atoms with Crippen LogP contribution in [0, 0.1) is 0 Å². The fourth-order valence-corrected chi connectivity index (χ4v) is 3.30. The van der Waals surface area contributed by atoms with E-state index in [0.29, 0.717) is 4.90 Å². The maximum Gasteiger partial charge on any atom is 0.240 e. The summed E-state index contributed by atoms with van der Waals surface area (Å²) in [5.41, 5.74) is 0.949. The van der Waals surface area contributed by atoms with Crippen molar-refractivity contribution in [3.8, 4) is 0 Å². The summed E-state index contributed by atoms with van der Waals surface area (Å²) in [6.07, 6.45) is 3.69. The molecule has 1 aromatic carbocycles. The van der Waals surface area contributed by atoms with Gasteiger partial charge in [0.1, 0.15) is 0 Å². The molecule has 0 aliphatic heterocycles. The van der Waals surface area contributed by atoms with Crippen LogP contribution in [-0.4, -0.2) is 33.6 Å². The normalized spacial score (nSPS) is 15.4. The zero-order chi connectivity index (χ0) is 15.3. The number of nitrogens with one attached hydrogen (secondary N) is 3. The number of hydrogen-bond acceptors (Lipinski definition) is 4. The summed E-state index contributed by atoms with van der Waals surface area (Å²) >= 11 is 0. The lowest BCUT2D eigenvalue weighted by molar-refractivity contribution is 0.570. The predicted octanol–water partition coefficient (Wildman–Crippen LogP) is 1.93. The first-order valence-electron chi connectivity index (χ1n) is 7.57. The van der Waals surface area contributed by atoms with Crippen molar-refractivity contribution in [2.24, 2.45) is 0 Å². The zero-order valence-electron chi connectivity index (χ0n) is 12.7. The standard InChI is InChI=1S/C15H25N3O2S/c1-12(2)18-21(19,20)15-8-6-14(7-9-15)17-11-3-10-16-13-4-5-13/h6-9,12-13,16-18H,3-5,10-11H2,1-2H3. The molecule has 1 aliphatic carbocycles. The van der Waals surface area contributed by atoms with Crippen molar-refractivity contribution in [1.29, 1.82) is 0 Å². The van der Waals surface area contributed by atoms with Gasteiger partial charge in [-0.15, -0.1) is 0 Å². The number of hydrogen-bond donors (Lipinski definition) is 3. The van der Waals surface area contributed by atoms with Crippen molar-refractivity contribution in [2.75, 3.05) is 18.4 Å². The molecular formula is C15H25N3O2S. The van der Waals surface area contributed by atoms with Gasteiger partial charge in [-0.25, -0.2) is 13.1 Å². The fraction of sp³-hybridized carbons (Fsp3) is 0.600. The van der Waals surface area contributed by atoms with E-state index in [0.717, 1.165) is 31.2 Å². The Hall–Kier alpha value is -1.11. The van der Waals surface area contributed by atoms with Crippen molar-refractivity contribution in [3.63, 3.8) is 0 Å². The lowest BCUT2D eigenvalue weighted by Crippen LogP contribution is -2.30. The topological polar surface area (TPSA) is 70.2 Å². The predicted molar refractivity (Wildman–Crippen MR) is 86.0 cm³/mol. The molecule has 0 saturated heterocycles. The van der Waals surface area contributed by atoms with Crippen LogP contribution in [-0.2, 0) is 10.0 Å². The molecule has 0 bridgehead atoms. The lowest BCUT2D eigenvalue weighted by atomic mass is 10.3. The van der Waals surface area contributed by atoms with Crippen molar-refractivity contribution >= 4 is 15.7 Å². The number of rotatable bonds is 9. The van der Waals surface area contributed by atoms with Gasteiger partial charge in [-0.1, -0.05) is 0 Å². The SMILES string of the molecule is CC(C)NS(=O)(=O)c1ccc(NCCCNC2CC2)cc1. The van der Waals surface area contributed by atoms with E-state index >= 15 is 0 Å². The maximum absolute atomic E-state index is 12.0. The summed E-state index contributed by atoms with van der Waals surface area (Å²) in [5.74, 6) is 0. The summed E-state index contributed by atoms with van der Waals surface area (Å²) in [5, 5.41) is 6.77. The van der Waals surface area contributed by atoms with Crippen molar-refractivity contribution in [2.45, 2.75) is 50.1 Å². The average Bonchev–Trinajstić information content (AvgIpc) is 3.21. The van der Waals surface area contributed by atoms with Gasteiger partial charge in [0.05, 0.1) is 4.90 Å². The van der Waals surface area contributed by atoms with E-state index in [1.54, 1.807) is 12.1 Å². The molecule has 0 unspecified atom stereocenters. The highest BCUT2D eigenvalue weighted by molar-refractivity contribution is 7.89. The van der Waals surface area contributed by atoms with Gasteiger partial charge in [-0.05, 0) is 63.9 Å². The molecule has 0 spiro atoms. The van der Waals surface area contributed by atoms with E-state index < -0.39 is 10.0 Å². The molecule has 0 atom stereocenters. The van der Waals surface area contributed by atoms with Crippen LogP contribution in [0.3, 0.4) is 0 Å². The largest absolute Gasteiger partial charge is 0.385 e. The molecule has 6 heteroatoms. The molecule has 21 heavy (non-hydrogen) atoms. The zero-order valence-corrected chi connectivity index (χ0v) is 13.5. The number of anilines is 1. The highest BCUT2D eigenvalue weighted by atomic mass is 32.2. The van der Waals surface area contributed by atoms with E-state index in [9.17, 15) is 8.42 Å². The quantitative estimate of drug-likeness (QED) is 0.610. The Morgan fingerprint density at radius 3 is 2.38 bits per heavy atom. The molecule has 0 aromatic heterocycles. The van der Waals surface area contributed by atoms with E-state index in [4.69, 9.17) is 0 Å². The minimum Gasteiger partial charge on any atom is -0.385 e. The summed E-state index contributed by atoms with van der Waals surface area (Å²) in [4.78, 5) is 0.303. The highest BCUT2D eigenvalue weighted by Crippen LogP contribution is 2.18. The van der Waals surface area contributed by atoms with Crippen LogP contribution in [0.25, 0.3) is 0 Å². The average molecular weight is 311 g/mol. The van der Waals surface area contributed by atoms with Crippen molar-refractivity contribution in [1.82, 2.24) is 10.0 Å². The van der Waals surface area contributed by atoms with E-state index in [1.807, 2.05) is 26.0 Å². The molecule has 2 rings (SSSR count). The Morgan fingerprint density at radius 2 is 1.81 bits per heavy atom. The monoisotopic (exact) mass is 311 g/mol. The third-order valence-electron chi connectivity index (χ3n) is 3.25. The van der Waals surface area contributed by atoms with Crippen molar-refractivity contribution in [3.05, 3.63) is 24.3 Å². The van der Waals surface area contributed by atoms with Crippen LogP contribution in [0.4, 0.5) is 5.69 Å². The van der Waals surface area contributed by atoms with E-state index in [2.05, 4.69) is 15.4 Å². The van der Waals surface area contributed by atoms with Crippen LogP contribution in [0.2, 0.25) is 0 Å². The van der Waals surface area contributed by atoms with Crippen LogP contribution in [0.1, 0.15) is 33.1 Å². The van der Waals surface area contributed by atoms with Gasteiger partial charge in [0.15, 0.2) is 0 Å². The highest BCUT2D eigenvalue weighted by Gasteiger charge is 2.19. The maximum atomic E-state index is 12.0. The molecule has 5 nitrogen and oxygen atoms in total. The Bertz CT molecular complexity index is 537. The van der Waals surface area contributed by atoms with Crippen LogP contribution in [0.5, 0.6) is 0 Å². The van der Waals surface area contributed by atoms with Gasteiger partial charge < -0.3 is 10.6 Å². The Balaban J connectivity index is 1.78. The Morgan fingerprint density at radius 1 is 1.14 bits per heavy atom. The smallest absolute Gasteiger partial charge is 0.240 e. The Labute approximate surface area is 127 Å². The third-order valence-corrected chi connectivity index (χ3v) is 4.92. The molecule has 0 heterocycles. The fourth-order valence-electron chi connectivity index (χ4n) is 2.05. The molecular weight excluding hydrogens is 286 g/mol. The van der Waals surface area contributed by atoms with E-state index in [-0.39, 0.29) is 6.04 Å². The molecule has 0 amide bonds. The van der Waals surface area contributed by atoms with Crippen LogP contribution < -0.4 is 15.4 Å². The number of benzene rings is 1. The minimum absolute atomic E-state index is 0.105. The van der Waals surface area contributed by atoms with Crippen molar-refractivity contribution < 1.29 is 8.42 Å². The second kappa shape index (κ2) is 7.24. The first-order chi connectivity index (χ1) is 9.97. The second-order valence-electron chi connectivity index (χ2n) is 5.81. The van der Waals surface area contributed by atoms with Crippen LogP contribution in [0.15, 0.2) is 29.2 Å². The molecule has 0 radical (unpaired) electrons. The van der Waals surface area contributed by atoms with Crippen LogP contribution >= 0.6 is 0 Å². The van der Waals surface area contributed by atoms with E-state index in [1.165, 1.54) is 12.8 Å². The van der Waals surface area contributed by atoms with Gasteiger partial charge in [0.25, 0.3) is 0 Å². The van der Waals surface area contributed by atoms with Gasteiger partial charge >= 0.3 is 0 Å². The van der Waals surface area contributed by atoms with Gasteiger partial charge in [-0.3, -0.25) is 0 Å². The molecule has 3 N–H and O–H groups in total. The minimum atomic E-state index is -3.40. The molecule has 1 fully saturated rings. The Kier molecular flexibility index (Phi) is 5.61. The number of sulfonamides is 1. The van der Waals surface area contributed by atoms with Gasteiger partial charge in [0, 0.05) is 24.3 Å². The molecule has 1 saturated carbocycles.